The number of H-pyrrole nitrogens is 1. The number of nitrogens with zero attached hydrogens (tertiary/aromatic N) is 1. The monoisotopic (exact) mass is 396 g/mol. The SMILES string of the molecule is O=C(c1cc(=O)[nH]c2ccccc12)N1CCC[C@H](CCc2ccc(F)c(F)c2)C1. The molecular weight excluding hydrogens is 374 g/mol. The Kier molecular flexibility index (Phi) is 5.43. The van der Waals surface area contributed by atoms with Crippen LogP contribution < -0.4 is 5.56 Å². The van der Waals surface area contributed by atoms with Crippen molar-refractivity contribution in [3.8, 4) is 0 Å². The number of aromatic nitrogens is 1. The van der Waals surface area contributed by atoms with Crippen LogP contribution in [0.15, 0.2) is 53.3 Å². The van der Waals surface area contributed by atoms with Crippen molar-refractivity contribution in [1.29, 1.82) is 0 Å². The number of benzene rings is 2. The first-order valence-electron chi connectivity index (χ1n) is 9.86. The van der Waals surface area contributed by atoms with Gasteiger partial charge in [-0.3, -0.25) is 9.59 Å². The van der Waals surface area contributed by atoms with Gasteiger partial charge in [0.25, 0.3) is 5.91 Å². The highest BCUT2D eigenvalue weighted by Crippen LogP contribution is 2.25. The lowest BCUT2D eigenvalue weighted by molar-refractivity contribution is 0.0670. The lowest BCUT2D eigenvalue weighted by Crippen LogP contribution is -2.40. The van der Waals surface area contributed by atoms with E-state index < -0.39 is 11.6 Å². The van der Waals surface area contributed by atoms with Gasteiger partial charge in [0.05, 0.1) is 5.56 Å². The third kappa shape index (κ3) is 4.21. The Hall–Kier alpha value is -3.02. The molecule has 0 spiro atoms. The number of amides is 1. The van der Waals surface area contributed by atoms with Crippen molar-refractivity contribution in [3.05, 3.63) is 81.6 Å². The summed E-state index contributed by atoms with van der Waals surface area (Å²) in [6.45, 7) is 1.26. The number of fused-ring (bicyclic) bond motifs is 1. The highest BCUT2D eigenvalue weighted by molar-refractivity contribution is 6.05. The van der Waals surface area contributed by atoms with Gasteiger partial charge in [0, 0.05) is 30.1 Å². The maximum atomic E-state index is 13.4. The van der Waals surface area contributed by atoms with Gasteiger partial charge in [-0.15, -0.1) is 0 Å². The van der Waals surface area contributed by atoms with Gasteiger partial charge in [-0.05, 0) is 55.4 Å². The normalized spacial score (nSPS) is 16.9. The molecule has 4 rings (SSSR count). The number of para-hydroxylation sites is 1. The first kappa shape index (κ1) is 19.3. The van der Waals surface area contributed by atoms with Crippen molar-refractivity contribution in [3.63, 3.8) is 0 Å². The third-order valence-corrected chi connectivity index (χ3v) is 5.61. The quantitative estimate of drug-likeness (QED) is 0.715. The van der Waals surface area contributed by atoms with E-state index in [1.807, 2.05) is 18.2 Å². The van der Waals surface area contributed by atoms with Gasteiger partial charge in [0.1, 0.15) is 0 Å². The smallest absolute Gasteiger partial charge is 0.254 e. The summed E-state index contributed by atoms with van der Waals surface area (Å²) in [7, 11) is 0. The molecule has 3 aromatic rings. The summed E-state index contributed by atoms with van der Waals surface area (Å²) in [5.41, 5.74) is 1.53. The van der Waals surface area contributed by atoms with Crippen LogP contribution in [0.3, 0.4) is 0 Å². The summed E-state index contributed by atoms with van der Waals surface area (Å²) in [4.78, 5) is 29.7. The molecule has 1 aliphatic heterocycles. The van der Waals surface area contributed by atoms with Crippen LogP contribution in [0.2, 0.25) is 0 Å². The molecule has 1 amide bonds. The first-order valence-corrected chi connectivity index (χ1v) is 9.86. The number of likely N-dealkylation sites (tertiary alicyclic amines) is 1. The van der Waals surface area contributed by atoms with Crippen LogP contribution >= 0.6 is 0 Å². The Labute approximate surface area is 167 Å². The van der Waals surface area contributed by atoms with Gasteiger partial charge in [-0.2, -0.15) is 0 Å². The van der Waals surface area contributed by atoms with E-state index in [2.05, 4.69) is 4.98 Å². The number of pyridine rings is 1. The number of hydrogen-bond donors (Lipinski definition) is 1. The van der Waals surface area contributed by atoms with E-state index in [1.54, 1.807) is 17.0 Å². The molecule has 0 radical (unpaired) electrons. The number of halogens is 2. The van der Waals surface area contributed by atoms with E-state index >= 15 is 0 Å². The number of aromatic amines is 1. The van der Waals surface area contributed by atoms with Crippen LogP contribution in [0.5, 0.6) is 0 Å². The van der Waals surface area contributed by atoms with Crippen molar-refractivity contribution in [2.75, 3.05) is 13.1 Å². The Morgan fingerprint density at radius 1 is 1.10 bits per heavy atom. The van der Waals surface area contributed by atoms with Crippen LogP contribution in [-0.2, 0) is 6.42 Å². The molecule has 1 saturated heterocycles. The molecule has 0 unspecified atom stereocenters. The second-order valence-corrected chi connectivity index (χ2v) is 7.64. The molecule has 150 valence electrons. The van der Waals surface area contributed by atoms with Gasteiger partial charge in [-0.1, -0.05) is 24.3 Å². The number of nitrogens with one attached hydrogen (secondary N) is 1. The van der Waals surface area contributed by atoms with Gasteiger partial charge in [0.2, 0.25) is 5.56 Å². The molecule has 2 heterocycles. The fraction of sp³-hybridized carbons (Fsp3) is 0.304. The second-order valence-electron chi connectivity index (χ2n) is 7.64. The molecule has 0 bridgehead atoms. The Morgan fingerprint density at radius 2 is 1.93 bits per heavy atom. The van der Waals surface area contributed by atoms with E-state index in [0.29, 0.717) is 30.6 Å². The van der Waals surface area contributed by atoms with E-state index in [9.17, 15) is 18.4 Å². The van der Waals surface area contributed by atoms with Crippen molar-refractivity contribution in [1.82, 2.24) is 9.88 Å². The largest absolute Gasteiger partial charge is 0.338 e. The Morgan fingerprint density at radius 3 is 2.76 bits per heavy atom. The zero-order valence-electron chi connectivity index (χ0n) is 16.0. The average Bonchev–Trinajstić information content (AvgIpc) is 2.73. The molecule has 1 N–H and O–H groups in total. The van der Waals surface area contributed by atoms with Gasteiger partial charge in [-0.25, -0.2) is 8.78 Å². The predicted octanol–water partition coefficient (Wildman–Crippen LogP) is 4.29. The van der Waals surface area contributed by atoms with Gasteiger partial charge >= 0.3 is 0 Å². The molecule has 1 atom stereocenters. The van der Waals surface area contributed by atoms with Crippen LogP contribution in [-0.4, -0.2) is 28.9 Å². The van der Waals surface area contributed by atoms with Crippen LogP contribution in [0, 0.1) is 17.6 Å². The van der Waals surface area contributed by atoms with Crippen LogP contribution in [0.1, 0.15) is 35.2 Å². The van der Waals surface area contributed by atoms with E-state index in [4.69, 9.17) is 0 Å². The minimum Gasteiger partial charge on any atom is -0.338 e. The summed E-state index contributed by atoms with van der Waals surface area (Å²) in [5, 5.41) is 0.737. The van der Waals surface area contributed by atoms with E-state index in [-0.39, 0.29) is 17.4 Å². The maximum absolute atomic E-state index is 13.4. The average molecular weight is 396 g/mol. The van der Waals surface area contributed by atoms with E-state index in [1.165, 1.54) is 12.1 Å². The van der Waals surface area contributed by atoms with Crippen molar-refractivity contribution < 1.29 is 13.6 Å². The summed E-state index contributed by atoms with van der Waals surface area (Å²) < 4.78 is 26.5. The molecular formula is C23H22F2N2O2. The van der Waals surface area contributed by atoms with Gasteiger partial charge in [0.15, 0.2) is 11.6 Å². The van der Waals surface area contributed by atoms with Crippen molar-refractivity contribution in [2.45, 2.75) is 25.7 Å². The first-order chi connectivity index (χ1) is 14.0. The predicted molar refractivity (Wildman–Crippen MR) is 108 cm³/mol. The molecule has 0 aliphatic carbocycles. The van der Waals surface area contributed by atoms with Crippen LogP contribution in [0.4, 0.5) is 8.78 Å². The Balaban J connectivity index is 1.48. The molecule has 6 heteroatoms. The number of aryl methyl sites for hydroxylation is 1. The van der Waals surface area contributed by atoms with Crippen LogP contribution in [0.25, 0.3) is 10.9 Å². The molecule has 0 saturated carbocycles. The third-order valence-electron chi connectivity index (χ3n) is 5.61. The van der Waals surface area contributed by atoms with E-state index in [0.717, 1.165) is 36.3 Å². The number of carbonyl (C=O) groups is 1. The standard InChI is InChI=1S/C23H22F2N2O2/c24-19-10-9-15(12-20(19)25)7-8-16-4-3-11-27(14-16)23(29)18-13-22(28)26-21-6-2-1-5-17(18)21/h1-2,5-6,9-10,12-13,16H,3-4,7-8,11,14H2,(H,26,28)/t16-/m1/s1. The lowest BCUT2D eigenvalue weighted by atomic mass is 9.91. The fourth-order valence-corrected chi connectivity index (χ4v) is 4.10. The number of hydrogen-bond acceptors (Lipinski definition) is 2. The number of carbonyl (C=O) groups excluding carboxylic acids is 1. The lowest BCUT2D eigenvalue weighted by Gasteiger charge is -2.33. The molecule has 1 fully saturated rings. The number of rotatable bonds is 4. The maximum Gasteiger partial charge on any atom is 0.254 e. The zero-order chi connectivity index (χ0) is 20.4. The molecule has 4 nitrogen and oxygen atoms in total. The highest BCUT2D eigenvalue weighted by atomic mass is 19.2. The second kappa shape index (κ2) is 8.15. The molecule has 1 aromatic heterocycles. The Bertz CT molecular complexity index is 1110. The highest BCUT2D eigenvalue weighted by Gasteiger charge is 2.25. The van der Waals surface area contributed by atoms with Crippen molar-refractivity contribution in [2.24, 2.45) is 5.92 Å². The fourth-order valence-electron chi connectivity index (χ4n) is 4.10. The summed E-state index contributed by atoms with van der Waals surface area (Å²) in [6, 6.07) is 12.7. The number of piperidine rings is 1. The summed E-state index contributed by atoms with van der Waals surface area (Å²) in [6.07, 6.45) is 3.31. The molecule has 2 aromatic carbocycles. The topological polar surface area (TPSA) is 53.2 Å². The zero-order valence-corrected chi connectivity index (χ0v) is 16.0. The molecule has 29 heavy (non-hydrogen) atoms. The summed E-state index contributed by atoms with van der Waals surface area (Å²) in [5.74, 6) is -1.52. The van der Waals surface area contributed by atoms with Gasteiger partial charge < -0.3 is 9.88 Å². The van der Waals surface area contributed by atoms with Crippen molar-refractivity contribution >= 4 is 16.8 Å². The minimum absolute atomic E-state index is 0.134. The summed E-state index contributed by atoms with van der Waals surface area (Å²) >= 11 is 0. The molecule has 1 aliphatic rings. The minimum atomic E-state index is -0.840.